The van der Waals surface area contributed by atoms with Crippen LogP contribution in [0.15, 0.2) is 30.3 Å². The molecule has 0 aliphatic rings. The first-order valence-corrected chi connectivity index (χ1v) is 7.26. The van der Waals surface area contributed by atoms with Crippen LogP contribution in [0.5, 0.6) is 0 Å². The smallest absolute Gasteiger partial charge is 0.407 e. The summed E-state index contributed by atoms with van der Waals surface area (Å²) in [6, 6.07) is 9.38. The lowest BCUT2D eigenvalue weighted by molar-refractivity contribution is 0.137. The van der Waals surface area contributed by atoms with E-state index in [9.17, 15) is 9.59 Å². The zero-order chi connectivity index (χ0) is 16.2. The Morgan fingerprint density at radius 2 is 1.86 bits per heavy atom. The van der Waals surface area contributed by atoms with E-state index in [0.717, 1.165) is 5.56 Å². The number of nitrogens with two attached hydrogens (primary N) is 1. The molecule has 2 amide bonds. The Balaban J connectivity index is 2.14. The van der Waals surface area contributed by atoms with Gasteiger partial charge in [0.2, 0.25) is 0 Å². The molecule has 0 atom stereocenters. The van der Waals surface area contributed by atoms with Crippen molar-refractivity contribution >= 4 is 12.2 Å². The second-order valence-electron chi connectivity index (χ2n) is 4.75. The fourth-order valence-electron chi connectivity index (χ4n) is 1.82. The Kier molecular flexibility index (Phi) is 8.44. The third kappa shape index (κ3) is 7.49. The highest BCUT2D eigenvalue weighted by atomic mass is 16.5. The summed E-state index contributed by atoms with van der Waals surface area (Å²) in [5.74, 6) is 0. The molecule has 0 aliphatic heterocycles. The molecule has 0 bridgehead atoms. The highest BCUT2D eigenvalue weighted by Crippen LogP contribution is 2.00. The van der Waals surface area contributed by atoms with Gasteiger partial charge >= 0.3 is 12.2 Å². The Morgan fingerprint density at radius 1 is 1.18 bits per heavy atom. The van der Waals surface area contributed by atoms with Crippen LogP contribution in [0.4, 0.5) is 9.59 Å². The van der Waals surface area contributed by atoms with Crippen molar-refractivity contribution in [2.45, 2.75) is 19.4 Å². The van der Waals surface area contributed by atoms with E-state index in [1.807, 2.05) is 30.3 Å². The number of amides is 2. The van der Waals surface area contributed by atoms with Crippen molar-refractivity contribution < 1.29 is 19.4 Å². The van der Waals surface area contributed by atoms with E-state index in [1.165, 1.54) is 4.90 Å². The summed E-state index contributed by atoms with van der Waals surface area (Å²) in [6.07, 6.45) is -0.330. The molecule has 7 heteroatoms. The van der Waals surface area contributed by atoms with Gasteiger partial charge in [-0.1, -0.05) is 30.3 Å². The Bertz CT molecular complexity index is 453. The quantitative estimate of drug-likeness (QED) is 0.601. The van der Waals surface area contributed by atoms with E-state index in [2.05, 4.69) is 5.32 Å². The van der Waals surface area contributed by atoms with Crippen molar-refractivity contribution in [1.29, 1.82) is 0 Å². The van der Waals surface area contributed by atoms with Crippen LogP contribution in [0.1, 0.15) is 18.4 Å². The molecule has 0 unspecified atom stereocenters. The normalized spacial score (nSPS) is 10.0. The van der Waals surface area contributed by atoms with Crippen LogP contribution in [0, 0.1) is 0 Å². The molecule has 22 heavy (non-hydrogen) atoms. The van der Waals surface area contributed by atoms with E-state index in [-0.39, 0.29) is 6.61 Å². The summed E-state index contributed by atoms with van der Waals surface area (Å²) in [5, 5.41) is 11.6. The molecule has 0 saturated heterocycles. The number of rotatable bonds is 9. The second kappa shape index (κ2) is 10.4. The third-order valence-corrected chi connectivity index (χ3v) is 2.99. The van der Waals surface area contributed by atoms with Crippen LogP contribution in [0.25, 0.3) is 0 Å². The van der Waals surface area contributed by atoms with Crippen molar-refractivity contribution in [3.63, 3.8) is 0 Å². The Hall–Kier alpha value is -2.28. The van der Waals surface area contributed by atoms with E-state index < -0.39 is 12.2 Å². The number of benzene rings is 1. The number of carboxylic acid groups (broad SMARTS) is 1. The van der Waals surface area contributed by atoms with Crippen LogP contribution in [0.3, 0.4) is 0 Å². The molecule has 122 valence electrons. The molecule has 1 aromatic rings. The molecule has 4 N–H and O–H groups in total. The first kappa shape index (κ1) is 17.8. The number of nitrogens with zero attached hydrogens (tertiary/aromatic N) is 1. The van der Waals surface area contributed by atoms with Gasteiger partial charge in [0.15, 0.2) is 0 Å². The van der Waals surface area contributed by atoms with E-state index >= 15 is 0 Å². The van der Waals surface area contributed by atoms with Crippen molar-refractivity contribution in [1.82, 2.24) is 10.2 Å². The predicted octanol–water partition coefficient (Wildman–Crippen LogP) is 1.63. The second-order valence-corrected chi connectivity index (χ2v) is 4.75. The van der Waals surface area contributed by atoms with Gasteiger partial charge in [-0.15, -0.1) is 0 Å². The first-order valence-electron chi connectivity index (χ1n) is 7.26. The molecule has 0 fully saturated rings. The van der Waals surface area contributed by atoms with E-state index in [0.29, 0.717) is 39.0 Å². The van der Waals surface area contributed by atoms with Crippen molar-refractivity contribution in [3.05, 3.63) is 35.9 Å². The molecule has 0 aromatic heterocycles. The summed E-state index contributed by atoms with van der Waals surface area (Å²) >= 11 is 0. The van der Waals surface area contributed by atoms with Gasteiger partial charge in [-0.05, 0) is 24.9 Å². The van der Waals surface area contributed by atoms with Gasteiger partial charge in [-0.3, -0.25) is 0 Å². The minimum Gasteiger partial charge on any atom is -0.465 e. The molecule has 1 aromatic carbocycles. The number of alkyl carbamates (subject to hydrolysis) is 1. The highest BCUT2D eigenvalue weighted by molar-refractivity contribution is 5.67. The molecule has 1 rings (SSSR count). The fraction of sp³-hybridized carbons (Fsp3) is 0.467. The van der Waals surface area contributed by atoms with Gasteiger partial charge in [0.05, 0.1) is 0 Å². The lowest BCUT2D eigenvalue weighted by Gasteiger charge is -2.18. The topological polar surface area (TPSA) is 105 Å². The largest absolute Gasteiger partial charge is 0.465 e. The molecular formula is C15H23N3O4. The SMILES string of the molecule is NCCCN(CCCNC(=O)OCc1ccccc1)C(=O)O. The lowest BCUT2D eigenvalue weighted by atomic mass is 10.2. The number of carbonyl (C=O) groups excluding carboxylic acids is 1. The molecule has 7 nitrogen and oxygen atoms in total. The maximum absolute atomic E-state index is 11.5. The lowest BCUT2D eigenvalue weighted by Crippen LogP contribution is -2.34. The highest BCUT2D eigenvalue weighted by Gasteiger charge is 2.10. The summed E-state index contributed by atoms with van der Waals surface area (Å²) in [5.41, 5.74) is 6.27. The zero-order valence-corrected chi connectivity index (χ0v) is 12.5. The van der Waals surface area contributed by atoms with Crippen LogP contribution < -0.4 is 11.1 Å². The summed E-state index contributed by atoms with van der Waals surface area (Å²) < 4.78 is 5.05. The number of carbonyl (C=O) groups is 2. The van der Waals surface area contributed by atoms with Crippen LogP contribution in [0.2, 0.25) is 0 Å². The van der Waals surface area contributed by atoms with Gasteiger partial charge in [-0.25, -0.2) is 9.59 Å². The summed E-state index contributed by atoms with van der Waals surface area (Å²) in [6.45, 7) is 1.79. The molecular weight excluding hydrogens is 286 g/mol. The monoisotopic (exact) mass is 309 g/mol. The van der Waals surface area contributed by atoms with Crippen LogP contribution in [-0.4, -0.2) is 48.4 Å². The number of hydrogen-bond acceptors (Lipinski definition) is 4. The van der Waals surface area contributed by atoms with Gasteiger partial charge in [0.25, 0.3) is 0 Å². The zero-order valence-electron chi connectivity index (χ0n) is 12.5. The van der Waals surface area contributed by atoms with E-state index in [4.69, 9.17) is 15.6 Å². The third-order valence-electron chi connectivity index (χ3n) is 2.99. The number of hydrogen-bond donors (Lipinski definition) is 3. The molecule has 0 aliphatic carbocycles. The summed E-state index contributed by atoms with van der Waals surface area (Å²) in [4.78, 5) is 23.7. The summed E-state index contributed by atoms with van der Waals surface area (Å²) in [7, 11) is 0. The number of ether oxygens (including phenoxy) is 1. The molecule has 0 radical (unpaired) electrons. The molecule has 0 heterocycles. The van der Waals surface area contributed by atoms with Crippen LogP contribution in [-0.2, 0) is 11.3 Å². The standard InChI is InChI=1S/C15H23N3O4/c16-8-4-10-18(15(20)21)11-5-9-17-14(19)22-12-13-6-2-1-3-7-13/h1-3,6-7H,4-5,8-12,16H2,(H,17,19)(H,20,21). The maximum Gasteiger partial charge on any atom is 0.407 e. The molecule has 0 spiro atoms. The number of nitrogens with one attached hydrogen (secondary N) is 1. The first-order chi connectivity index (χ1) is 10.6. The Morgan fingerprint density at radius 3 is 2.50 bits per heavy atom. The minimum atomic E-state index is -0.972. The van der Waals surface area contributed by atoms with Gasteiger partial charge in [0.1, 0.15) is 6.61 Å². The molecule has 0 saturated carbocycles. The van der Waals surface area contributed by atoms with Gasteiger partial charge < -0.3 is 25.8 Å². The van der Waals surface area contributed by atoms with Gasteiger partial charge in [-0.2, -0.15) is 0 Å². The van der Waals surface area contributed by atoms with Crippen molar-refractivity contribution in [2.75, 3.05) is 26.2 Å². The van der Waals surface area contributed by atoms with E-state index in [1.54, 1.807) is 0 Å². The predicted molar refractivity (Wildman–Crippen MR) is 82.5 cm³/mol. The van der Waals surface area contributed by atoms with Crippen molar-refractivity contribution in [3.8, 4) is 0 Å². The van der Waals surface area contributed by atoms with Crippen molar-refractivity contribution in [2.24, 2.45) is 5.73 Å². The minimum absolute atomic E-state index is 0.213. The van der Waals surface area contributed by atoms with Crippen LogP contribution >= 0.6 is 0 Å². The fourth-order valence-corrected chi connectivity index (χ4v) is 1.82. The van der Waals surface area contributed by atoms with Gasteiger partial charge in [0, 0.05) is 19.6 Å². The Labute approximate surface area is 130 Å². The average Bonchev–Trinajstić information content (AvgIpc) is 2.53. The maximum atomic E-state index is 11.5. The average molecular weight is 309 g/mol.